The van der Waals surface area contributed by atoms with Gasteiger partial charge >= 0.3 is 6.09 Å². The molecule has 0 aromatic carbocycles. The van der Waals surface area contributed by atoms with Crippen molar-refractivity contribution in [1.29, 1.82) is 0 Å². The molecule has 0 radical (unpaired) electrons. The van der Waals surface area contributed by atoms with Gasteiger partial charge in [0.1, 0.15) is 6.10 Å². The molecule has 2 aliphatic heterocycles. The topological polar surface area (TPSA) is 75.7 Å². The highest BCUT2D eigenvalue weighted by Gasteiger charge is 2.34. The standard InChI is InChI=1S/C15H26N2O4S/c18-15(21-14-3-1-2-4-14)16-12-5-8-17(9-6-12)13-7-10-22(19,20)11-13/h12-14H,1-11H2,(H,16,18)/t13-/m0/s1. The summed E-state index contributed by atoms with van der Waals surface area (Å²) in [5.41, 5.74) is 0. The maximum absolute atomic E-state index is 11.9. The lowest BCUT2D eigenvalue weighted by Crippen LogP contribution is -2.48. The second kappa shape index (κ2) is 6.74. The Bertz CT molecular complexity index is 494. The summed E-state index contributed by atoms with van der Waals surface area (Å²) in [5, 5.41) is 2.97. The number of hydrogen-bond donors (Lipinski definition) is 1. The van der Waals surface area contributed by atoms with Gasteiger partial charge in [-0.3, -0.25) is 4.90 Å². The minimum Gasteiger partial charge on any atom is -0.446 e. The van der Waals surface area contributed by atoms with Gasteiger partial charge in [-0.05, 0) is 44.9 Å². The lowest BCUT2D eigenvalue weighted by Gasteiger charge is -2.35. The fraction of sp³-hybridized carbons (Fsp3) is 0.933. The van der Waals surface area contributed by atoms with Crippen molar-refractivity contribution in [2.75, 3.05) is 24.6 Å². The summed E-state index contributed by atoms with van der Waals surface area (Å²) >= 11 is 0. The smallest absolute Gasteiger partial charge is 0.407 e. The van der Waals surface area contributed by atoms with Crippen LogP contribution in [-0.2, 0) is 14.6 Å². The predicted molar refractivity (Wildman–Crippen MR) is 83.5 cm³/mol. The summed E-state index contributed by atoms with van der Waals surface area (Å²) in [4.78, 5) is 14.1. The second-order valence-corrected chi connectivity index (χ2v) is 9.05. The molecule has 1 aliphatic carbocycles. The average molecular weight is 330 g/mol. The molecule has 2 saturated heterocycles. The number of hydrogen-bond acceptors (Lipinski definition) is 5. The molecule has 22 heavy (non-hydrogen) atoms. The van der Waals surface area contributed by atoms with E-state index >= 15 is 0 Å². The van der Waals surface area contributed by atoms with Gasteiger partial charge in [0.15, 0.2) is 9.84 Å². The molecule has 0 spiro atoms. The maximum Gasteiger partial charge on any atom is 0.407 e. The van der Waals surface area contributed by atoms with Gasteiger partial charge in [-0.25, -0.2) is 13.2 Å². The Hall–Kier alpha value is -0.820. The molecule has 0 unspecified atom stereocenters. The van der Waals surface area contributed by atoms with E-state index in [-0.39, 0.29) is 24.3 Å². The predicted octanol–water partition coefficient (Wildman–Crippen LogP) is 1.31. The molecule has 1 N–H and O–H groups in total. The van der Waals surface area contributed by atoms with Crippen molar-refractivity contribution < 1.29 is 17.9 Å². The Morgan fingerprint density at radius 3 is 2.32 bits per heavy atom. The van der Waals surface area contributed by atoms with Crippen LogP contribution in [0.3, 0.4) is 0 Å². The largest absolute Gasteiger partial charge is 0.446 e. The molecule has 1 saturated carbocycles. The van der Waals surface area contributed by atoms with Crippen molar-refractivity contribution in [2.45, 2.75) is 63.1 Å². The molecule has 0 bridgehead atoms. The molecule has 7 heteroatoms. The van der Waals surface area contributed by atoms with Gasteiger partial charge in [0.2, 0.25) is 0 Å². The first-order chi connectivity index (χ1) is 10.5. The molecule has 1 amide bonds. The Morgan fingerprint density at radius 1 is 1.05 bits per heavy atom. The van der Waals surface area contributed by atoms with Crippen molar-refractivity contribution in [2.24, 2.45) is 0 Å². The number of ether oxygens (including phenoxy) is 1. The minimum atomic E-state index is -2.82. The number of nitrogens with one attached hydrogen (secondary N) is 1. The Kier molecular flexibility index (Phi) is 4.92. The van der Waals surface area contributed by atoms with Crippen LogP contribution in [0.15, 0.2) is 0 Å². The van der Waals surface area contributed by atoms with Gasteiger partial charge in [0, 0.05) is 25.2 Å². The van der Waals surface area contributed by atoms with Crippen LogP contribution >= 0.6 is 0 Å². The molecule has 0 aromatic heterocycles. The number of sulfone groups is 1. The molecular weight excluding hydrogens is 304 g/mol. The Balaban J connectivity index is 1.39. The average Bonchev–Trinajstić information content (AvgIpc) is 3.09. The van der Waals surface area contributed by atoms with Gasteiger partial charge in [-0.1, -0.05) is 0 Å². The monoisotopic (exact) mass is 330 g/mol. The lowest BCUT2D eigenvalue weighted by atomic mass is 10.0. The third-order valence-corrected chi connectivity index (χ3v) is 6.90. The van der Waals surface area contributed by atoms with Crippen LogP contribution in [0.5, 0.6) is 0 Å². The number of piperidine rings is 1. The summed E-state index contributed by atoms with van der Waals surface area (Å²) in [6.07, 6.45) is 6.60. The number of carbonyl (C=O) groups is 1. The number of amides is 1. The van der Waals surface area contributed by atoms with Crippen LogP contribution in [-0.4, -0.2) is 62.2 Å². The number of likely N-dealkylation sites (tertiary alicyclic amines) is 1. The summed E-state index contributed by atoms with van der Waals surface area (Å²) in [5.74, 6) is 0.623. The SMILES string of the molecule is O=C(NC1CCN([C@H]2CCS(=O)(=O)C2)CC1)OC1CCCC1. The summed E-state index contributed by atoms with van der Waals surface area (Å²) in [7, 11) is -2.82. The van der Waals surface area contributed by atoms with Gasteiger partial charge in [-0.2, -0.15) is 0 Å². The molecule has 3 rings (SSSR count). The third-order valence-electron chi connectivity index (χ3n) is 5.15. The summed E-state index contributed by atoms with van der Waals surface area (Å²) in [6.45, 7) is 1.71. The number of alkyl carbamates (subject to hydrolysis) is 1. The van der Waals surface area contributed by atoms with Gasteiger partial charge in [-0.15, -0.1) is 0 Å². The first-order valence-corrected chi connectivity index (χ1v) is 10.3. The van der Waals surface area contributed by atoms with E-state index in [4.69, 9.17) is 4.74 Å². The molecule has 2 heterocycles. The van der Waals surface area contributed by atoms with Crippen molar-refractivity contribution >= 4 is 15.9 Å². The fourth-order valence-corrected chi connectivity index (χ4v) is 5.59. The van der Waals surface area contributed by atoms with Crippen molar-refractivity contribution in [1.82, 2.24) is 10.2 Å². The first-order valence-electron chi connectivity index (χ1n) is 8.43. The summed E-state index contributed by atoms with van der Waals surface area (Å²) in [6, 6.07) is 0.333. The van der Waals surface area contributed by atoms with Crippen molar-refractivity contribution in [3.05, 3.63) is 0 Å². The van der Waals surface area contributed by atoms with Crippen LogP contribution < -0.4 is 5.32 Å². The molecule has 126 valence electrons. The Labute approximate surface area is 132 Å². The maximum atomic E-state index is 11.9. The van der Waals surface area contributed by atoms with Crippen LogP contribution in [0.25, 0.3) is 0 Å². The van der Waals surface area contributed by atoms with Gasteiger partial charge in [0.05, 0.1) is 11.5 Å². The van der Waals surface area contributed by atoms with E-state index in [9.17, 15) is 13.2 Å². The van der Waals surface area contributed by atoms with Crippen LogP contribution in [0.1, 0.15) is 44.9 Å². The zero-order valence-corrected chi connectivity index (χ0v) is 13.8. The second-order valence-electron chi connectivity index (χ2n) is 6.82. The quantitative estimate of drug-likeness (QED) is 0.844. The highest BCUT2D eigenvalue weighted by Crippen LogP contribution is 2.23. The molecule has 6 nitrogen and oxygen atoms in total. The lowest BCUT2D eigenvalue weighted by molar-refractivity contribution is 0.0904. The molecule has 3 fully saturated rings. The normalized spacial score (nSPS) is 30.5. The first kappa shape index (κ1) is 16.1. The minimum absolute atomic E-state index is 0.101. The summed E-state index contributed by atoms with van der Waals surface area (Å²) < 4.78 is 28.5. The number of carbonyl (C=O) groups excluding carboxylic acids is 1. The van der Waals surface area contributed by atoms with Gasteiger partial charge in [0.25, 0.3) is 0 Å². The van der Waals surface area contributed by atoms with Crippen LogP contribution in [0.4, 0.5) is 4.79 Å². The van der Waals surface area contributed by atoms with Crippen molar-refractivity contribution in [3.63, 3.8) is 0 Å². The highest BCUT2D eigenvalue weighted by atomic mass is 32.2. The molecular formula is C15H26N2O4S. The highest BCUT2D eigenvalue weighted by molar-refractivity contribution is 7.91. The van der Waals surface area contributed by atoms with E-state index in [0.29, 0.717) is 11.5 Å². The Morgan fingerprint density at radius 2 is 1.73 bits per heavy atom. The molecule has 1 atom stereocenters. The van der Waals surface area contributed by atoms with Gasteiger partial charge < -0.3 is 10.1 Å². The number of nitrogens with zero attached hydrogens (tertiary/aromatic N) is 1. The van der Waals surface area contributed by atoms with E-state index < -0.39 is 9.84 Å². The van der Waals surface area contributed by atoms with E-state index in [1.165, 1.54) is 0 Å². The third kappa shape index (κ3) is 4.13. The molecule has 0 aromatic rings. The molecule has 3 aliphatic rings. The fourth-order valence-electron chi connectivity index (χ4n) is 3.83. The van der Waals surface area contributed by atoms with Crippen LogP contribution in [0.2, 0.25) is 0 Å². The zero-order valence-electron chi connectivity index (χ0n) is 13.0. The van der Waals surface area contributed by atoms with E-state index in [1.54, 1.807) is 0 Å². The van der Waals surface area contributed by atoms with E-state index in [0.717, 1.165) is 58.0 Å². The van der Waals surface area contributed by atoms with Crippen molar-refractivity contribution in [3.8, 4) is 0 Å². The van der Waals surface area contributed by atoms with Crippen LogP contribution in [0, 0.1) is 0 Å². The zero-order chi connectivity index (χ0) is 15.6. The number of rotatable bonds is 3. The van der Waals surface area contributed by atoms with E-state index in [2.05, 4.69) is 10.2 Å². The van der Waals surface area contributed by atoms with E-state index in [1.807, 2.05) is 0 Å².